The standard InChI is InChI=1S/C17H17N3O/c1-12-6-5-7-14(10-12)11-18-17(21)16-15-8-3-4-9-20(15)13(2)19-16/h3-10H,11H2,1-2H3,(H,18,21). The zero-order valence-corrected chi connectivity index (χ0v) is 12.1. The summed E-state index contributed by atoms with van der Waals surface area (Å²) >= 11 is 0. The summed E-state index contributed by atoms with van der Waals surface area (Å²) in [5.41, 5.74) is 3.58. The van der Waals surface area contributed by atoms with Crippen molar-refractivity contribution >= 4 is 11.4 Å². The van der Waals surface area contributed by atoms with Crippen LogP contribution >= 0.6 is 0 Å². The number of carbonyl (C=O) groups is 1. The molecule has 1 N–H and O–H groups in total. The second kappa shape index (κ2) is 5.40. The molecule has 2 heterocycles. The SMILES string of the molecule is Cc1cccc(CNC(=O)c2nc(C)n3ccccc23)c1. The molecule has 0 radical (unpaired) electrons. The van der Waals surface area contributed by atoms with E-state index in [0.717, 1.165) is 16.9 Å². The van der Waals surface area contributed by atoms with Crippen LogP contribution in [0, 0.1) is 13.8 Å². The summed E-state index contributed by atoms with van der Waals surface area (Å²) in [5.74, 6) is 0.666. The average Bonchev–Trinajstić information content (AvgIpc) is 2.83. The predicted octanol–water partition coefficient (Wildman–Crippen LogP) is 2.88. The smallest absolute Gasteiger partial charge is 0.272 e. The van der Waals surface area contributed by atoms with E-state index < -0.39 is 0 Å². The first kappa shape index (κ1) is 13.4. The number of nitrogens with zero attached hydrogens (tertiary/aromatic N) is 2. The molecule has 0 saturated heterocycles. The Labute approximate surface area is 123 Å². The summed E-state index contributed by atoms with van der Waals surface area (Å²) in [6, 6.07) is 13.8. The number of aryl methyl sites for hydroxylation is 2. The van der Waals surface area contributed by atoms with Crippen LogP contribution in [0.4, 0.5) is 0 Å². The summed E-state index contributed by atoms with van der Waals surface area (Å²) < 4.78 is 1.92. The molecule has 4 heteroatoms. The molecule has 1 amide bonds. The van der Waals surface area contributed by atoms with E-state index in [0.29, 0.717) is 12.2 Å². The third kappa shape index (κ3) is 2.65. The van der Waals surface area contributed by atoms with Crippen molar-refractivity contribution in [1.82, 2.24) is 14.7 Å². The zero-order valence-electron chi connectivity index (χ0n) is 12.1. The van der Waals surface area contributed by atoms with Gasteiger partial charge in [0.15, 0.2) is 5.69 Å². The largest absolute Gasteiger partial charge is 0.347 e. The van der Waals surface area contributed by atoms with Gasteiger partial charge in [0, 0.05) is 12.7 Å². The number of nitrogens with one attached hydrogen (secondary N) is 1. The molecule has 0 saturated carbocycles. The van der Waals surface area contributed by atoms with Gasteiger partial charge < -0.3 is 9.72 Å². The third-order valence-corrected chi connectivity index (χ3v) is 3.48. The van der Waals surface area contributed by atoms with Crippen molar-refractivity contribution in [1.29, 1.82) is 0 Å². The minimum atomic E-state index is -0.145. The van der Waals surface area contributed by atoms with E-state index in [-0.39, 0.29) is 5.91 Å². The molecule has 3 rings (SSSR count). The van der Waals surface area contributed by atoms with Crippen LogP contribution in [0.25, 0.3) is 5.52 Å². The van der Waals surface area contributed by atoms with Crippen LogP contribution in [-0.4, -0.2) is 15.3 Å². The number of fused-ring (bicyclic) bond motifs is 1. The number of carbonyl (C=O) groups excluding carboxylic acids is 1. The fraction of sp³-hybridized carbons (Fsp3) is 0.176. The van der Waals surface area contributed by atoms with Gasteiger partial charge in [-0.3, -0.25) is 4.79 Å². The second-order valence-corrected chi connectivity index (χ2v) is 5.14. The van der Waals surface area contributed by atoms with Gasteiger partial charge in [0.05, 0.1) is 5.52 Å². The summed E-state index contributed by atoms with van der Waals surface area (Å²) in [6.07, 6.45) is 1.91. The van der Waals surface area contributed by atoms with E-state index >= 15 is 0 Å². The third-order valence-electron chi connectivity index (χ3n) is 3.48. The van der Waals surface area contributed by atoms with Crippen LogP contribution in [0.5, 0.6) is 0 Å². The minimum Gasteiger partial charge on any atom is -0.347 e. The molecule has 0 spiro atoms. The highest BCUT2D eigenvalue weighted by molar-refractivity contribution is 5.99. The van der Waals surface area contributed by atoms with Crippen LogP contribution in [0.15, 0.2) is 48.7 Å². The summed E-state index contributed by atoms with van der Waals surface area (Å²) in [7, 11) is 0. The fourth-order valence-corrected chi connectivity index (χ4v) is 2.45. The number of hydrogen-bond acceptors (Lipinski definition) is 2. The minimum absolute atomic E-state index is 0.145. The lowest BCUT2D eigenvalue weighted by Gasteiger charge is -2.05. The molecular weight excluding hydrogens is 262 g/mol. The van der Waals surface area contributed by atoms with Crippen LogP contribution in [0.1, 0.15) is 27.4 Å². The van der Waals surface area contributed by atoms with Gasteiger partial charge >= 0.3 is 0 Å². The number of benzene rings is 1. The Kier molecular flexibility index (Phi) is 3.44. The van der Waals surface area contributed by atoms with E-state index in [1.54, 1.807) is 0 Å². The van der Waals surface area contributed by atoms with Crippen molar-refractivity contribution in [3.63, 3.8) is 0 Å². The Hall–Kier alpha value is -2.62. The first-order chi connectivity index (χ1) is 10.1. The van der Waals surface area contributed by atoms with Gasteiger partial charge in [-0.2, -0.15) is 0 Å². The van der Waals surface area contributed by atoms with Crippen LogP contribution < -0.4 is 5.32 Å². The Balaban J connectivity index is 1.81. The maximum absolute atomic E-state index is 12.3. The molecule has 2 aromatic heterocycles. The molecule has 0 bridgehead atoms. The molecule has 0 aliphatic rings. The van der Waals surface area contributed by atoms with Gasteiger partial charge in [0.1, 0.15) is 5.82 Å². The lowest BCUT2D eigenvalue weighted by atomic mass is 10.1. The lowest BCUT2D eigenvalue weighted by molar-refractivity contribution is 0.0948. The molecule has 0 fully saturated rings. The fourth-order valence-electron chi connectivity index (χ4n) is 2.45. The highest BCUT2D eigenvalue weighted by atomic mass is 16.1. The van der Waals surface area contributed by atoms with Crippen LogP contribution in [0.3, 0.4) is 0 Å². The van der Waals surface area contributed by atoms with Crippen molar-refractivity contribution in [2.24, 2.45) is 0 Å². The monoisotopic (exact) mass is 279 g/mol. The molecule has 21 heavy (non-hydrogen) atoms. The molecule has 0 unspecified atom stereocenters. The molecule has 0 aliphatic heterocycles. The molecule has 0 aliphatic carbocycles. The van der Waals surface area contributed by atoms with E-state index in [4.69, 9.17) is 0 Å². The number of imidazole rings is 1. The zero-order chi connectivity index (χ0) is 14.8. The predicted molar refractivity (Wildman–Crippen MR) is 82.3 cm³/mol. The van der Waals surface area contributed by atoms with E-state index in [2.05, 4.69) is 16.4 Å². The number of pyridine rings is 1. The quantitative estimate of drug-likeness (QED) is 0.801. The lowest BCUT2D eigenvalue weighted by Crippen LogP contribution is -2.23. The van der Waals surface area contributed by atoms with Crippen LogP contribution in [0.2, 0.25) is 0 Å². The Morgan fingerprint density at radius 1 is 1.19 bits per heavy atom. The molecule has 106 valence electrons. The Morgan fingerprint density at radius 2 is 2.05 bits per heavy atom. The van der Waals surface area contributed by atoms with Crippen molar-refractivity contribution in [2.45, 2.75) is 20.4 Å². The van der Waals surface area contributed by atoms with Gasteiger partial charge in [-0.15, -0.1) is 0 Å². The number of aromatic nitrogens is 2. The summed E-state index contributed by atoms with van der Waals surface area (Å²) in [5, 5.41) is 2.93. The molecular formula is C17H17N3O. The first-order valence-corrected chi connectivity index (χ1v) is 6.92. The summed E-state index contributed by atoms with van der Waals surface area (Å²) in [6.45, 7) is 4.44. The molecule has 4 nitrogen and oxygen atoms in total. The van der Waals surface area contributed by atoms with Gasteiger partial charge in [0.25, 0.3) is 5.91 Å². The Morgan fingerprint density at radius 3 is 2.86 bits per heavy atom. The number of rotatable bonds is 3. The molecule has 1 aromatic carbocycles. The van der Waals surface area contributed by atoms with Gasteiger partial charge in [-0.05, 0) is 31.5 Å². The van der Waals surface area contributed by atoms with E-state index in [1.807, 2.05) is 60.8 Å². The van der Waals surface area contributed by atoms with Crippen molar-refractivity contribution < 1.29 is 4.79 Å². The van der Waals surface area contributed by atoms with Gasteiger partial charge in [-0.1, -0.05) is 35.9 Å². The number of hydrogen-bond donors (Lipinski definition) is 1. The summed E-state index contributed by atoms with van der Waals surface area (Å²) in [4.78, 5) is 16.7. The van der Waals surface area contributed by atoms with Crippen molar-refractivity contribution in [3.8, 4) is 0 Å². The molecule has 3 aromatic rings. The van der Waals surface area contributed by atoms with Gasteiger partial charge in [0.2, 0.25) is 0 Å². The van der Waals surface area contributed by atoms with Crippen LogP contribution in [-0.2, 0) is 6.54 Å². The normalized spacial score (nSPS) is 10.8. The Bertz CT molecular complexity index is 805. The maximum Gasteiger partial charge on any atom is 0.272 e. The number of amides is 1. The highest BCUT2D eigenvalue weighted by Crippen LogP contribution is 2.12. The molecule has 0 atom stereocenters. The highest BCUT2D eigenvalue weighted by Gasteiger charge is 2.14. The average molecular weight is 279 g/mol. The van der Waals surface area contributed by atoms with Gasteiger partial charge in [-0.25, -0.2) is 4.98 Å². The van der Waals surface area contributed by atoms with Crippen molar-refractivity contribution in [3.05, 3.63) is 71.3 Å². The van der Waals surface area contributed by atoms with Crippen molar-refractivity contribution in [2.75, 3.05) is 0 Å². The van der Waals surface area contributed by atoms with E-state index in [1.165, 1.54) is 5.56 Å². The van der Waals surface area contributed by atoms with E-state index in [9.17, 15) is 4.79 Å². The second-order valence-electron chi connectivity index (χ2n) is 5.14. The maximum atomic E-state index is 12.3. The topological polar surface area (TPSA) is 46.4 Å². The first-order valence-electron chi connectivity index (χ1n) is 6.92.